The molecule has 0 saturated heterocycles. The zero-order valence-electron chi connectivity index (χ0n) is 14.0. The third kappa shape index (κ3) is 3.28. The van der Waals surface area contributed by atoms with Gasteiger partial charge in [0.1, 0.15) is 12.4 Å². The van der Waals surface area contributed by atoms with E-state index in [0.717, 1.165) is 6.26 Å². The topological polar surface area (TPSA) is 105 Å². The zero-order chi connectivity index (χ0) is 18.1. The molecular formula is C16H20N2O5S. The first-order chi connectivity index (χ1) is 11.2. The van der Waals surface area contributed by atoms with E-state index < -0.39 is 15.7 Å². The summed E-state index contributed by atoms with van der Waals surface area (Å²) in [6.07, 6.45) is 1.60. The zero-order valence-corrected chi connectivity index (χ0v) is 14.8. The number of carbonyl (C=O) groups excluding carboxylic acids is 1. The molecule has 2 rings (SSSR count). The fourth-order valence-corrected chi connectivity index (χ4v) is 3.55. The smallest absolute Gasteiger partial charge is 0.250 e. The van der Waals surface area contributed by atoms with Gasteiger partial charge < -0.3 is 15.3 Å². The number of rotatable bonds is 4. The van der Waals surface area contributed by atoms with Crippen LogP contribution >= 0.6 is 0 Å². The number of hydrogen-bond acceptors (Lipinski definition) is 6. The highest BCUT2D eigenvalue weighted by atomic mass is 32.2. The van der Waals surface area contributed by atoms with Gasteiger partial charge in [-0.2, -0.15) is 0 Å². The predicted molar refractivity (Wildman–Crippen MR) is 90.7 cm³/mol. The summed E-state index contributed by atoms with van der Waals surface area (Å²) in [6.45, 7) is 3.56. The maximum atomic E-state index is 12.1. The van der Waals surface area contributed by atoms with Gasteiger partial charge in [0.2, 0.25) is 5.91 Å². The Bertz CT molecular complexity index is 853. The highest BCUT2D eigenvalue weighted by Crippen LogP contribution is 2.30. The van der Waals surface area contributed by atoms with Gasteiger partial charge in [0.25, 0.3) is 0 Å². The largest absolute Gasteiger partial charge is 0.507 e. The van der Waals surface area contributed by atoms with E-state index in [1.54, 1.807) is 6.92 Å². The van der Waals surface area contributed by atoms with E-state index in [9.17, 15) is 18.3 Å². The number of nitrogens with one attached hydrogen (secondary N) is 1. The molecule has 0 aromatic heterocycles. The SMILES string of the molecule is CNC(=O)C(C)=C(O)c1ccc(S(C)(=O)=O)c(C2=NOCC2)c1C. The number of amides is 1. The maximum Gasteiger partial charge on any atom is 0.250 e. The molecule has 0 aliphatic carbocycles. The van der Waals surface area contributed by atoms with Crippen LogP contribution in [0.1, 0.15) is 30.0 Å². The minimum atomic E-state index is -3.49. The molecule has 0 bridgehead atoms. The Morgan fingerprint density at radius 1 is 1.38 bits per heavy atom. The lowest BCUT2D eigenvalue weighted by Gasteiger charge is -2.15. The van der Waals surface area contributed by atoms with Gasteiger partial charge in [0.15, 0.2) is 9.84 Å². The van der Waals surface area contributed by atoms with Crippen LogP contribution in [0.5, 0.6) is 0 Å². The first kappa shape index (κ1) is 18.0. The molecule has 2 N–H and O–H groups in total. The molecule has 7 nitrogen and oxygen atoms in total. The molecule has 0 spiro atoms. The van der Waals surface area contributed by atoms with Crippen molar-refractivity contribution in [3.63, 3.8) is 0 Å². The fourth-order valence-electron chi connectivity index (χ4n) is 2.59. The summed E-state index contributed by atoms with van der Waals surface area (Å²) < 4.78 is 24.2. The van der Waals surface area contributed by atoms with Crippen molar-refractivity contribution in [2.75, 3.05) is 19.9 Å². The molecule has 0 saturated carbocycles. The van der Waals surface area contributed by atoms with Crippen molar-refractivity contribution >= 4 is 27.2 Å². The lowest BCUT2D eigenvalue weighted by atomic mass is 9.95. The van der Waals surface area contributed by atoms with E-state index >= 15 is 0 Å². The molecule has 0 atom stereocenters. The van der Waals surface area contributed by atoms with Gasteiger partial charge >= 0.3 is 0 Å². The van der Waals surface area contributed by atoms with Gasteiger partial charge in [-0.15, -0.1) is 0 Å². The Hall–Kier alpha value is -2.35. The molecule has 130 valence electrons. The predicted octanol–water partition coefficient (Wildman–Crippen LogP) is 1.56. The van der Waals surface area contributed by atoms with Crippen LogP contribution in [0, 0.1) is 6.92 Å². The van der Waals surface area contributed by atoms with E-state index in [1.165, 1.54) is 26.1 Å². The molecule has 1 aliphatic heterocycles. The molecule has 24 heavy (non-hydrogen) atoms. The van der Waals surface area contributed by atoms with Crippen LogP contribution in [0.3, 0.4) is 0 Å². The van der Waals surface area contributed by atoms with Crippen LogP contribution in [-0.4, -0.2) is 45.1 Å². The minimum absolute atomic E-state index is 0.124. The van der Waals surface area contributed by atoms with E-state index in [1.807, 2.05) is 0 Å². The average Bonchev–Trinajstić information content (AvgIpc) is 3.05. The molecule has 1 aromatic rings. The Morgan fingerprint density at radius 3 is 2.54 bits per heavy atom. The number of carbonyl (C=O) groups is 1. The number of aliphatic hydroxyl groups excluding tert-OH is 1. The number of benzene rings is 1. The molecular weight excluding hydrogens is 332 g/mol. The first-order valence-corrected chi connectivity index (χ1v) is 9.22. The van der Waals surface area contributed by atoms with E-state index in [4.69, 9.17) is 4.84 Å². The second-order valence-corrected chi connectivity index (χ2v) is 7.54. The van der Waals surface area contributed by atoms with Crippen LogP contribution in [-0.2, 0) is 19.5 Å². The van der Waals surface area contributed by atoms with Crippen LogP contribution in [0.25, 0.3) is 5.76 Å². The van der Waals surface area contributed by atoms with E-state index in [2.05, 4.69) is 10.5 Å². The minimum Gasteiger partial charge on any atom is -0.507 e. The molecule has 1 aromatic carbocycles. The lowest BCUT2D eigenvalue weighted by molar-refractivity contribution is -0.117. The summed E-state index contributed by atoms with van der Waals surface area (Å²) in [4.78, 5) is 16.9. The van der Waals surface area contributed by atoms with Crippen LogP contribution in [0.4, 0.5) is 0 Å². The Balaban J connectivity index is 2.75. The summed E-state index contributed by atoms with van der Waals surface area (Å²) in [5, 5.41) is 16.8. The standard InChI is InChI=1S/C16H20N2O5S/c1-9-11(15(19)10(2)16(20)17-3)5-6-13(24(4,21)22)14(9)12-7-8-23-18-12/h5-6,19H,7-8H2,1-4H3,(H,17,20). The van der Waals surface area contributed by atoms with Gasteiger partial charge in [-0.3, -0.25) is 4.79 Å². The average molecular weight is 352 g/mol. The van der Waals surface area contributed by atoms with Gasteiger partial charge in [-0.1, -0.05) is 5.16 Å². The number of aliphatic hydroxyl groups is 1. The highest BCUT2D eigenvalue weighted by molar-refractivity contribution is 7.90. The van der Waals surface area contributed by atoms with Gasteiger partial charge in [-0.05, 0) is 31.5 Å². The normalized spacial score (nSPS) is 15.4. The summed E-state index contributed by atoms with van der Waals surface area (Å²) in [5.41, 5.74) is 1.99. The number of sulfone groups is 1. The summed E-state index contributed by atoms with van der Waals surface area (Å²) >= 11 is 0. The molecule has 1 heterocycles. The van der Waals surface area contributed by atoms with Crippen molar-refractivity contribution in [1.82, 2.24) is 5.32 Å². The lowest BCUT2D eigenvalue weighted by Crippen LogP contribution is -2.20. The fraction of sp³-hybridized carbons (Fsp3) is 0.375. The van der Waals surface area contributed by atoms with Gasteiger partial charge in [-0.25, -0.2) is 8.42 Å². The third-order valence-electron chi connectivity index (χ3n) is 3.90. The van der Waals surface area contributed by atoms with Gasteiger partial charge in [0, 0.05) is 30.9 Å². The third-order valence-corrected chi connectivity index (χ3v) is 5.04. The number of oxime groups is 1. The van der Waals surface area contributed by atoms with Gasteiger partial charge in [0.05, 0.1) is 16.2 Å². The Kier molecular flexibility index (Phi) is 4.98. The molecule has 0 unspecified atom stereocenters. The summed E-state index contributed by atoms with van der Waals surface area (Å²) in [5.74, 6) is -0.616. The van der Waals surface area contributed by atoms with Crippen molar-refractivity contribution in [3.05, 3.63) is 34.4 Å². The van der Waals surface area contributed by atoms with Crippen molar-refractivity contribution in [1.29, 1.82) is 0 Å². The number of hydrogen-bond donors (Lipinski definition) is 2. The molecule has 0 radical (unpaired) electrons. The Labute approximate surface area is 140 Å². The molecule has 0 fully saturated rings. The maximum absolute atomic E-state index is 12.1. The Morgan fingerprint density at radius 2 is 2.04 bits per heavy atom. The second-order valence-electron chi connectivity index (χ2n) is 5.56. The van der Waals surface area contributed by atoms with E-state index in [-0.39, 0.29) is 16.2 Å². The summed E-state index contributed by atoms with van der Waals surface area (Å²) in [6, 6.07) is 2.91. The number of nitrogens with zero attached hydrogens (tertiary/aromatic N) is 1. The quantitative estimate of drug-likeness (QED) is 0.632. The second kappa shape index (κ2) is 6.64. The molecule has 8 heteroatoms. The van der Waals surface area contributed by atoms with Crippen molar-refractivity contribution in [2.24, 2.45) is 5.16 Å². The summed E-state index contributed by atoms with van der Waals surface area (Å²) in [7, 11) is -2.02. The van der Waals surface area contributed by atoms with Crippen LogP contribution in [0.2, 0.25) is 0 Å². The molecule has 1 amide bonds. The molecule has 1 aliphatic rings. The highest BCUT2D eigenvalue weighted by Gasteiger charge is 2.25. The van der Waals surface area contributed by atoms with E-state index in [0.29, 0.717) is 35.4 Å². The van der Waals surface area contributed by atoms with Crippen molar-refractivity contribution < 1.29 is 23.2 Å². The van der Waals surface area contributed by atoms with Crippen LogP contribution < -0.4 is 5.32 Å². The number of likely N-dealkylation sites (N-methyl/N-ethyl adjacent to an activating group) is 1. The van der Waals surface area contributed by atoms with Crippen LogP contribution in [0.15, 0.2) is 27.8 Å². The first-order valence-electron chi connectivity index (χ1n) is 7.33. The van der Waals surface area contributed by atoms with Crippen molar-refractivity contribution in [2.45, 2.75) is 25.2 Å². The monoisotopic (exact) mass is 352 g/mol. The van der Waals surface area contributed by atoms with Crippen molar-refractivity contribution in [3.8, 4) is 0 Å².